The van der Waals surface area contributed by atoms with Gasteiger partial charge >= 0.3 is 0 Å². The third kappa shape index (κ3) is 3.64. The van der Waals surface area contributed by atoms with E-state index in [1.165, 1.54) is 15.9 Å². The molecule has 130 valence electrons. The van der Waals surface area contributed by atoms with Gasteiger partial charge in [0, 0.05) is 5.92 Å². The number of para-hydroxylation sites is 2. The molecule has 1 amide bonds. The van der Waals surface area contributed by atoms with E-state index in [1.807, 2.05) is 0 Å². The predicted molar refractivity (Wildman–Crippen MR) is 92.1 cm³/mol. The second-order valence-corrected chi connectivity index (χ2v) is 7.58. The molecule has 0 atom stereocenters. The van der Waals surface area contributed by atoms with Crippen LogP contribution in [-0.2, 0) is 11.3 Å². The smallest absolute Gasteiger partial charge is 0.291 e. The van der Waals surface area contributed by atoms with Crippen molar-refractivity contribution >= 4 is 45.2 Å². The molecule has 3 aromatic rings. The molecule has 25 heavy (non-hydrogen) atoms. The maximum absolute atomic E-state index is 12.8. The molecule has 2 heterocycles. The van der Waals surface area contributed by atoms with Crippen molar-refractivity contribution in [3.63, 3.8) is 0 Å². The van der Waals surface area contributed by atoms with Gasteiger partial charge in [0.15, 0.2) is 5.16 Å². The van der Waals surface area contributed by atoms with Crippen molar-refractivity contribution in [1.82, 2.24) is 19.7 Å². The van der Waals surface area contributed by atoms with Crippen LogP contribution in [0.2, 0.25) is 0 Å². The Morgan fingerprint density at radius 2 is 2.16 bits per heavy atom. The van der Waals surface area contributed by atoms with E-state index < -0.39 is 5.76 Å². The number of alkyl halides is 2. The van der Waals surface area contributed by atoms with Crippen LogP contribution < -0.4 is 5.32 Å². The molecule has 0 bridgehead atoms. The van der Waals surface area contributed by atoms with Crippen LogP contribution in [0.3, 0.4) is 0 Å². The van der Waals surface area contributed by atoms with Gasteiger partial charge < -0.3 is 4.57 Å². The van der Waals surface area contributed by atoms with Crippen LogP contribution in [0.5, 0.6) is 0 Å². The summed E-state index contributed by atoms with van der Waals surface area (Å²) in [7, 11) is 0. The summed E-state index contributed by atoms with van der Waals surface area (Å²) in [5, 5.41) is 12.2. The number of hydrogen-bond donors (Lipinski definition) is 1. The average Bonchev–Trinajstić information content (AvgIpc) is 3.24. The largest absolute Gasteiger partial charge is 0.309 e. The molecule has 1 aliphatic carbocycles. The van der Waals surface area contributed by atoms with Crippen LogP contribution in [0.4, 0.5) is 13.9 Å². The summed E-state index contributed by atoms with van der Waals surface area (Å²) < 4.78 is 27.1. The Morgan fingerprint density at radius 1 is 1.36 bits per heavy atom. The van der Waals surface area contributed by atoms with E-state index >= 15 is 0 Å². The van der Waals surface area contributed by atoms with Crippen LogP contribution in [-0.4, -0.2) is 31.4 Å². The van der Waals surface area contributed by atoms with Crippen LogP contribution in [0.25, 0.3) is 11.0 Å². The molecule has 6 nitrogen and oxygen atoms in total. The third-order valence-electron chi connectivity index (χ3n) is 3.73. The number of fused-ring (bicyclic) bond motifs is 1. The number of benzene rings is 1. The second-order valence-electron chi connectivity index (χ2n) is 5.62. The fourth-order valence-electron chi connectivity index (χ4n) is 2.46. The summed E-state index contributed by atoms with van der Waals surface area (Å²) in [6, 6.07) is 7.03. The maximum atomic E-state index is 12.8. The zero-order chi connectivity index (χ0) is 17.4. The zero-order valence-electron chi connectivity index (χ0n) is 12.9. The molecule has 0 spiro atoms. The average molecular weight is 381 g/mol. The van der Waals surface area contributed by atoms with Crippen molar-refractivity contribution in [3.8, 4) is 0 Å². The topological polar surface area (TPSA) is 72.7 Å². The lowest BCUT2D eigenvalue weighted by Gasteiger charge is -2.08. The van der Waals surface area contributed by atoms with Gasteiger partial charge in [-0.25, -0.2) is 4.98 Å². The van der Waals surface area contributed by atoms with Gasteiger partial charge in [-0.05, 0) is 36.7 Å². The number of amides is 1. The first kappa shape index (κ1) is 16.4. The van der Waals surface area contributed by atoms with Crippen LogP contribution >= 0.6 is 23.1 Å². The van der Waals surface area contributed by atoms with Gasteiger partial charge in [0.1, 0.15) is 11.6 Å². The van der Waals surface area contributed by atoms with E-state index in [1.54, 1.807) is 24.3 Å². The lowest BCUT2D eigenvalue weighted by molar-refractivity contribution is -0.116. The zero-order valence-corrected chi connectivity index (χ0v) is 14.5. The number of thioether (sulfide) groups is 1. The molecule has 0 unspecified atom stereocenters. The summed E-state index contributed by atoms with van der Waals surface area (Å²) in [6.45, 7) is -0.117. The first-order chi connectivity index (χ1) is 12.1. The van der Waals surface area contributed by atoms with Crippen LogP contribution in [0.1, 0.15) is 23.8 Å². The minimum absolute atomic E-state index is 0.113. The van der Waals surface area contributed by atoms with Gasteiger partial charge in [-0.1, -0.05) is 23.5 Å². The molecule has 0 aliphatic heterocycles. The molecule has 1 aromatic carbocycles. The quantitative estimate of drug-likeness (QED) is 0.659. The highest BCUT2D eigenvalue weighted by Gasteiger charge is 2.28. The monoisotopic (exact) mass is 381 g/mol. The summed E-state index contributed by atoms with van der Waals surface area (Å²) in [5.74, 6) is -2.49. The maximum Gasteiger partial charge on any atom is 0.291 e. The Bertz CT molecular complexity index is 922. The first-order valence-corrected chi connectivity index (χ1v) is 9.33. The van der Waals surface area contributed by atoms with Crippen LogP contribution in [0, 0.1) is 0 Å². The molecule has 10 heteroatoms. The molecule has 0 saturated heterocycles. The highest BCUT2D eigenvalue weighted by molar-refractivity contribution is 7.99. The highest BCUT2D eigenvalue weighted by atomic mass is 32.2. The third-order valence-corrected chi connectivity index (χ3v) is 5.43. The van der Waals surface area contributed by atoms with Crippen molar-refractivity contribution in [1.29, 1.82) is 0 Å². The number of carbonyl (C=O) groups is 1. The molecule has 1 N–H and O–H groups in total. The van der Waals surface area contributed by atoms with Crippen molar-refractivity contribution < 1.29 is 13.6 Å². The number of nitrogens with zero attached hydrogens (tertiary/aromatic N) is 4. The molecule has 2 aromatic heterocycles. The van der Waals surface area contributed by atoms with E-state index in [0.717, 1.165) is 17.8 Å². The lowest BCUT2D eigenvalue weighted by Crippen LogP contribution is -2.19. The Morgan fingerprint density at radius 3 is 2.92 bits per heavy atom. The van der Waals surface area contributed by atoms with E-state index in [9.17, 15) is 13.6 Å². The summed E-state index contributed by atoms with van der Waals surface area (Å²) >= 11 is 1.69. The fourth-order valence-corrected chi connectivity index (χ4v) is 3.99. The normalized spacial score (nSPS) is 14.4. The Balaban J connectivity index is 1.54. The van der Waals surface area contributed by atoms with Gasteiger partial charge in [-0.15, -0.1) is 10.2 Å². The minimum Gasteiger partial charge on any atom is -0.309 e. The van der Waals surface area contributed by atoms with Gasteiger partial charge in [-0.3, -0.25) is 10.1 Å². The van der Waals surface area contributed by atoms with Gasteiger partial charge in [0.2, 0.25) is 11.0 Å². The van der Waals surface area contributed by atoms with Crippen molar-refractivity contribution in [3.05, 3.63) is 29.3 Å². The van der Waals surface area contributed by atoms with E-state index in [4.69, 9.17) is 0 Å². The SMILES string of the molecule is O=C(Cn1c(SC(F)F)nc2ccccc21)Nc1nnc(C2CC2)s1. The number of nitrogens with one attached hydrogen (secondary N) is 1. The van der Waals surface area contributed by atoms with Crippen molar-refractivity contribution in [2.75, 3.05) is 5.32 Å². The fraction of sp³-hybridized carbons (Fsp3) is 0.333. The first-order valence-electron chi connectivity index (χ1n) is 7.63. The van der Waals surface area contributed by atoms with Gasteiger partial charge in [0.25, 0.3) is 5.76 Å². The number of carbonyl (C=O) groups excluding carboxylic acids is 1. The molecule has 4 rings (SSSR count). The van der Waals surface area contributed by atoms with Crippen LogP contribution in [0.15, 0.2) is 29.4 Å². The van der Waals surface area contributed by atoms with E-state index in [0.29, 0.717) is 33.8 Å². The summed E-state index contributed by atoms with van der Waals surface area (Å²) in [5.41, 5.74) is 1.21. The summed E-state index contributed by atoms with van der Waals surface area (Å²) in [6.07, 6.45) is 2.22. The second kappa shape index (κ2) is 6.68. The number of rotatable bonds is 6. The molecule has 1 aliphatic rings. The van der Waals surface area contributed by atoms with Gasteiger partial charge in [-0.2, -0.15) is 8.78 Å². The summed E-state index contributed by atoms with van der Waals surface area (Å²) in [4.78, 5) is 16.5. The number of anilines is 1. The Hall–Kier alpha value is -2.07. The van der Waals surface area contributed by atoms with E-state index in [-0.39, 0.29) is 17.6 Å². The predicted octanol–water partition coefficient (Wildman–Crippen LogP) is 3.72. The minimum atomic E-state index is -2.61. The Labute approximate surface area is 149 Å². The number of hydrogen-bond acceptors (Lipinski definition) is 6. The van der Waals surface area contributed by atoms with Gasteiger partial charge in [0.05, 0.1) is 11.0 Å². The number of aromatic nitrogens is 4. The molecule has 1 saturated carbocycles. The Kier molecular flexibility index (Phi) is 4.38. The highest BCUT2D eigenvalue weighted by Crippen LogP contribution is 2.42. The van der Waals surface area contributed by atoms with E-state index in [2.05, 4.69) is 20.5 Å². The molecule has 1 fully saturated rings. The molecular weight excluding hydrogens is 368 g/mol. The standard InChI is InChI=1S/C15H13F2N5OS2/c16-13(17)25-15-18-9-3-1-2-4-10(9)22(15)7-11(23)19-14-21-20-12(24-14)8-5-6-8/h1-4,8,13H,5-7H2,(H,19,21,23). The lowest BCUT2D eigenvalue weighted by atomic mass is 10.3. The molecule has 0 radical (unpaired) electrons. The number of imidazole rings is 1. The van der Waals surface area contributed by atoms with Crippen molar-refractivity contribution in [2.24, 2.45) is 0 Å². The molecular formula is C15H13F2N5OS2. The van der Waals surface area contributed by atoms with Crippen molar-refractivity contribution in [2.45, 2.75) is 36.2 Å². The number of halogens is 2.